The molecule has 1 fully saturated rings. The van der Waals surface area contributed by atoms with Crippen molar-refractivity contribution >= 4 is 38.5 Å². The molecule has 122 valence electrons. The number of hydrogen-bond donors (Lipinski definition) is 0. The van der Waals surface area contributed by atoms with Gasteiger partial charge in [0.15, 0.2) is 0 Å². The lowest BCUT2D eigenvalue weighted by atomic mass is 10.2. The summed E-state index contributed by atoms with van der Waals surface area (Å²) in [5, 5.41) is 1.10. The summed E-state index contributed by atoms with van der Waals surface area (Å²) in [7, 11) is 0. The van der Waals surface area contributed by atoms with Gasteiger partial charge in [-0.25, -0.2) is 15.0 Å². The van der Waals surface area contributed by atoms with Gasteiger partial charge < -0.3 is 9.80 Å². The van der Waals surface area contributed by atoms with Crippen molar-refractivity contribution < 1.29 is 0 Å². The van der Waals surface area contributed by atoms with E-state index in [1.54, 1.807) is 6.33 Å². The van der Waals surface area contributed by atoms with E-state index in [9.17, 15) is 0 Å². The summed E-state index contributed by atoms with van der Waals surface area (Å²) in [4.78, 5) is 18.1. The van der Waals surface area contributed by atoms with E-state index in [-0.39, 0.29) is 0 Å². The summed E-state index contributed by atoms with van der Waals surface area (Å²) >= 11 is 3.56. The third-order valence-electron chi connectivity index (χ3n) is 4.35. The minimum atomic E-state index is 0.926. The maximum absolute atomic E-state index is 4.57. The van der Waals surface area contributed by atoms with Gasteiger partial charge in [0.05, 0.1) is 5.52 Å². The SMILES string of the molecule is Brc1ccc2ncnc(N3CCCN(c4ccccn4)CC3)c2c1. The van der Waals surface area contributed by atoms with Gasteiger partial charge in [-0.3, -0.25) is 0 Å². The number of rotatable bonds is 2. The molecule has 2 aromatic heterocycles. The molecule has 24 heavy (non-hydrogen) atoms. The van der Waals surface area contributed by atoms with Gasteiger partial charge in [0, 0.05) is 42.2 Å². The smallest absolute Gasteiger partial charge is 0.139 e. The minimum Gasteiger partial charge on any atom is -0.355 e. The standard InChI is InChI=1S/C18H18BrN5/c19-14-5-6-16-15(12-14)18(22-13-21-16)24-9-3-8-23(10-11-24)17-4-1-2-7-20-17/h1-2,4-7,12-13H,3,8-11H2. The average Bonchev–Trinajstić information content (AvgIpc) is 2.88. The van der Waals surface area contributed by atoms with Crippen molar-refractivity contribution in [1.29, 1.82) is 0 Å². The van der Waals surface area contributed by atoms with Crippen LogP contribution >= 0.6 is 15.9 Å². The maximum Gasteiger partial charge on any atom is 0.139 e. The molecule has 1 aromatic carbocycles. The van der Waals surface area contributed by atoms with E-state index in [0.717, 1.165) is 59.6 Å². The molecule has 0 radical (unpaired) electrons. The number of anilines is 2. The lowest BCUT2D eigenvalue weighted by molar-refractivity contribution is 0.795. The molecular weight excluding hydrogens is 366 g/mol. The van der Waals surface area contributed by atoms with E-state index in [0.29, 0.717) is 0 Å². The third-order valence-corrected chi connectivity index (χ3v) is 4.84. The zero-order chi connectivity index (χ0) is 16.4. The molecule has 5 nitrogen and oxygen atoms in total. The predicted octanol–water partition coefficient (Wildman–Crippen LogP) is 3.50. The Morgan fingerprint density at radius 2 is 1.75 bits per heavy atom. The highest BCUT2D eigenvalue weighted by molar-refractivity contribution is 9.10. The first-order chi connectivity index (χ1) is 11.8. The maximum atomic E-state index is 4.57. The number of aromatic nitrogens is 3. The number of fused-ring (bicyclic) bond motifs is 1. The van der Waals surface area contributed by atoms with Crippen molar-refractivity contribution in [2.75, 3.05) is 36.0 Å². The molecule has 1 aliphatic rings. The number of hydrogen-bond acceptors (Lipinski definition) is 5. The minimum absolute atomic E-state index is 0.926. The van der Waals surface area contributed by atoms with Gasteiger partial charge >= 0.3 is 0 Å². The van der Waals surface area contributed by atoms with Gasteiger partial charge in [-0.2, -0.15) is 0 Å². The van der Waals surface area contributed by atoms with E-state index >= 15 is 0 Å². The van der Waals surface area contributed by atoms with E-state index in [1.807, 2.05) is 30.5 Å². The van der Waals surface area contributed by atoms with Crippen LogP contribution in [0.25, 0.3) is 10.9 Å². The molecule has 0 unspecified atom stereocenters. The Morgan fingerprint density at radius 3 is 2.62 bits per heavy atom. The zero-order valence-electron chi connectivity index (χ0n) is 13.3. The fraction of sp³-hybridized carbons (Fsp3) is 0.278. The van der Waals surface area contributed by atoms with Crippen molar-refractivity contribution in [1.82, 2.24) is 15.0 Å². The van der Waals surface area contributed by atoms with E-state index in [4.69, 9.17) is 0 Å². The Labute approximate surface area is 149 Å². The highest BCUT2D eigenvalue weighted by atomic mass is 79.9. The predicted molar refractivity (Wildman–Crippen MR) is 101 cm³/mol. The molecule has 4 rings (SSSR count). The second kappa shape index (κ2) is 6.73. The first-order valence-electron chi connectivity index (χ1n) is 8.12. The molecule has 0 N–H and O–H groups in total. The molecule has 3 heterocycles. The summed E-state index contributed by atoms with van der Waals surface area (Å²) in [6, 6.07) is 12.2. The van der Waals surface area contributed by atoms with Crippen LogP contribution < -0.4 is 9.80 Å². The van der Waals surface area contributed by atoms with E-state index < -0.39 is 0 Å². The van der Waals surface area contributed by atoms with Crippen molar-refractivity contribution in [2.45, 2.75) is 6.42 Å². The van der Waals surface area contributed by atoms with Crippen LogP contribution in [0.5, 0.6) is 0 Å². The molecular formula is C18H18BrN5. The molecule has 0 bridgehead atoms. The Balaban J connectivity index is 1.61. The molecule has 0 atom stereocenters. The highest BCUT2D eigenvalue weighted by Crippen LogP contribution is 2.27. The molecule has 0 aliphatic carbocycles. The van der Waals surface area contributed by atoms with Gasteiger partial charge in [-0.05, 0) is 36.8 Å². The Hall–Kier alpha value is -2.21. The summed E-state index contributed by atoms with van der Waals surface area (Å²) in [5.74, 6) is 2.07. The Kier molecular flexibility index (Phi) is 4.30. The van der Waals surface area contributed by atoms with Crippen LogP contribution in [0, 0.1) is 0 Å². The number of benzene rings is 1. The summed E-state index contributed by atoms with van der Waals surface area (Å²) in [6.45, 7) is 3.87. The van der Waals surface area contributed by atoms with Crippen molar-refractivity contribution in [3.63, 3.8) is 0 Å². The van der Waals surface area contributed by atoms with E-state index in [2.05, 4.69) is 52.8 Å². The number of pyridine rings is 1. The third kappa shape index (κ3) is 3.06. The zero-order valence-corrected chi connectivity index (χ0v) is 14.9. The fourth-order valence-electron chi connectivity index (χ4n) is 3.17. The van der Waals surface area contributed by atoms with Gasteiger partial charge in [-0.15, -0.1) is 0 Å². The largest absolute Gasteiger partial charge is 0.355 e. The lowest BCUT2D eigenvalue weighted by Gasteiger charge is -2.24. The van der Waals surface area contributed by atoms with Crippen LogP contribution in [0.15, 0.2) is 53.4 Å². The molecule has 0 spiro atoms. The fourth-order valence-corrected chi connectivity index (χ4v) is 3.53. The van der Waals surface area contributed by atoms with E-state index in [1.165, 1.54) is 0 Å². The molecule has 6 heteroatoms. The highest BCUT2D eigenvalue weighted by Gasteiger charge is 2.18. The van der Waals surface area contributed by atoms with Gasteiger partial charge in [0.1, 0.15) is 18.0 Å². The summed E-state index contributed by atoms with van der Waals surface area (Å²) in [6.07, 6.45) is 4.59. The van der Waals surface area contributed by atoms with Crippen molar-refractivity contribution in [2.24, 2.45) is 0 Å². The normalized spacial score (nSPS) is 15.5. The molecule has 0 amide bonds. The number of halogens is 1. The van der Waals surface area contributed by atoms with Crippen molar-refractivity contribution in [3.8, 4) is 0 Å². The van der Waals surface area contributed by atoms with Gasteiger partial charge in [-0.1, -0.05) is 22.0 Å². The quantitative estimate of drug-likeness (QED) is 0.677. The van der Waals surface area contributed by atoms with Crippen LogP contribution in [-0.2, 0) is 0 Å². The molecule has 0 saturated carbocycles. The Bertz CT molecular complexity index is 839. The van der Waals surface area contributed by atoms with Gasteiger partial charge in [0.2, 0.25) is 0 Å². The second-order valence-corrected chi connectivity index (χ2v) is 6.79. The Morgan fingerprint density at radius 1 is 0.875 bits per heavy atom. The number of nitrogens with zero attached hydrogens (tertiary/aromatic N) is 5. The summed E-state index contributed by atoms with van der Waals surface area (Å²) in [5.41, 5.74) is 0.981. The summed E-state index contributed by atoms with van der Waals surface area (Å²) < 4.78 is 1.05. The molecule has 3 aromatic rings. The van der Waals surface area contributed by atoms with Crippen LogP contribution in [0.1, 0.15) is 6.42 Å². The average molecular weight is 384 g/mol. The first kappa shape index (κ1) is 15.3. The monoisotopic (exact) mass is 383 g/mol. The second-order valence-electron chi connectivity index (χ2n) is 5.87. The van der Waals surface area contributed by atoms with Crippen LogP contribution in [0.2, 0.25) is 0 Å². The van der Waals surface area contributed by atoms with Crippen LogP contribution in [0.4, 0.5) is 11.6 Å². The van der Waals surface area contributed by atoms with Crippen molar-refractivity contribution in [3.05, 3.63) is 53.4 Å². The van der Waals surface area contributed by atoms with Crippen LogP contribution in [0.3, 0.4) is 0 Å². The topological polar surface area (TPSA) is 45.2 Å². The van der Waals surface area contributed by atoms with Crippen LogP contribution in [-0.4, -0.2) is 41.1 Å². The lowest BCUT2D eigenvalue weighted by Crippen LogP contribution is -2.31. The van der Waals surface area contributed by atoms with Gasteiger partial charge in [0.25, 0.3) is 0 Å². The first-order valence-corrected chi connectivity index (χ1v) is 8.92. The molecule has 1 saturated heterocycles. The molecule has 1 aliphatic heterocycles.